The molecular weight excluding hydrogens is 498 g/mol. The van der Waals surface area contributed by atoms with E-state index >= 15 is 0 Å². The van der Waals surface area contributed by atoms with Gasteiger partial charge in [0.05, 0.1) is 41.1 Å². The number of esters is 2. The van der Waals surface area contributed by atoms with Gasteiger partial charge >= 0.3 is 11.9 Å². The Labute approximate surface area is 218 Å². The van der Waals surface area contributed by atoms with Crippen molar-refractivity contribution in [3.8, 4) is 11.5 Å². The van der Waals surface area contributed by atoms with Crippen molar-refractivity contribution in [1.29, 1.82) is 0 Å². The van der Waals surface area contributed by atoms with E-state index in [1.165, 1.54) is 31.2 Å². The highest BCUT2D eigenvalue weighted by molar-refractivity contribution is 6.06. The molecule has 202 valence electrons. The molecule has 1 saturated carbocycles. The molecule has 0 radical (unpaired) electrons. The number of nitro benzene ring substituents is 1. The number of hydrogen-bond donors (Lipinski definition) is 2. The molecule has 0 spiro atoms. The maximum Gasteiger partial charge on any atom is 0.315 e. The molecule has 1 aliphatic heterocycles. The van der Waals surface area contributed by atoms with Crippen molar-refractivity contribution in [1.82, 2.24) is 0 Å². The largest absolute Gasteiger partial charge is 0.466 e. The summed E-state index contributed by atoms with van der Waals surface area (Å²) in [4.78, 5) is 37.1. The highest BCUT2D eigenvalue weighted by Crippen LogP contribution is 2.49. The molecule has 12 nitrogen and oxygen atoms in total. The number of rotatable bonds is 8. The third kappa shape index (κ3) is 5.40. The van der Waals surface area contributed by atoms with Gasteiger partial charge in [-0.3, -0.25) is 25.1 Å². The summed E-state index contributed by atoms with van der Waals surface area (Å²) in [5, 5.41) is 26.9. The highest BCUT2D eigenvalue weighted by atomic mass is 16.7. The molecule has 2 aliphatic rings. The van der Waals surface area contributed by atoms with Gasteiger partial charge in [0.15, 0.2) is 11.5 Å². The Kier molecular flexibility index (Phi) is 7.81. The molecule has 2 N–H and O–H groups in total. The van der Waals surface area contributed by atoms with Crippen LogP contribution in [0, 0.1) is 22.0 Å². The first-order valence-corrected chi connectivity index (χ1v) is 12.2. The first kappa shape index (κ1) is 26.9. The van der Waals surface area contributed by atoms with E-state index in [9.17, 15) is 24.8 Å². The van der Waals surface area contributed by atoms with Crippen molar-refractivity contribution in [2.45, 2.75) is 38.7 Å². The monoisotopic (exact) mass is 527 g/mol. The summed E-state index contributed by atoms with van der Waals surface area (Å²) < 4.78 is 21.6. The zero-order valence-corrected chi connectivity index (χ0v) is 21.2. The minimum atomic E-state index is -1.65. The van der Waals surface area contributed by atoms with Crippen LogP contribution in [0.4, 0.5) is 11.4 Å². The van der Waals surface area contributed by atoms with Crippen molar-refractivity contribution < 1.29 is 38.6 Å². The zero-order valence-electron chi connectivity index (χ0n) is 21.2. The van der Waals surface area contributed by atoms with Crippen LogP contribution < -0.4 is 14.9 Å². The second-order valence-electron chi connectivity index (χ2n) is 9.15. The summed E-state index contributed by atoms with van der Waals surface area (Å²) in [5.41, 5.74) is 2.29. The first-order chi connectivity index (χ1) is 18.2. The maximum atomic E-state index is 13.4. The number of nitrogens with one attached hydrogen (secondary N) is 1. The number of anilines is 1. The van der Waals surface area contributed by atoms with Gasteiger partial charge in [-0.1, -0.05) is 6.07 Å². The summed E-state index contributed by atoms with van der Waals surface area (Å²) in [7, 11) is 0. The summed E-state index contributed by atoms with van der Waals surface area (Å²) in [5.74, 6) is -3.42. The van der Waals surface area contributed by atoms with E-state index in [1.807, 2.05) is 0 Å². The minimum Gasteiger partial charge on any atom is -0.466 e. The molecule has 12 heteroatoms. The van der Waals surface area contributed by atoms with Gasteiger partial charge in [-0.25, -0.2) is 0 Å². The van der Waals surface area contributed by atoms with Crippen LogP contribution in [-0.4, -0.2) is 53.3 Å². The van der Waals surface area contributed by atoms with Crippen LogP contribution in [0.1, 0.15) is 38.7 Å². The number of fused-ring (bicyclic) bond motifs is 1. The highest BCUT2D eigenvalue weighted by Gasteiger charge is 2.56. The van der Waals surface area contributed by atoms with E-state index in [0.29, 0.717) is 22.7 Å². The van der Waals surface area contributed by atoms with Crippen LogP contribution in [0.3, 0.4) is 0 Å². The van der Waals surface area contributed by atoms with E-state index in [-0.39, 0.29) is 37.8 Å². The lowest BCUT2D eigenvalue weighted by Gasteiger charge is -2.45. The Morgan fingerprint density at radius 2 is 1.76 bits per heavy atom. The molecule has 2 aromatic rings. The van der Waals surface area contributed by atoms with Crippen molar-refractivity contribution in [2.24, 2.45) is 16.9 Å². The number of ether oxygens (including phenoxy) is 4. The molecular formula is C26H29N3O9. The van der Waals surface area contributed by atoms with Crippen molar-refractivity contribution in [3.05, 3.63) is 58.1 Å². The Morgan fingerprint density at radius 1 is 1.11 bits per heavy atom. The van der Waals surface area contributed by atoms with Gasteiger partial charge in [0.2, 0.25) is 6.79 Å². The van der Waals surface area contributed by atoms with Gasteiger partial charge < -0.3 is 24.1 Å². The Bertz CT molecular complexity index is 1240. The summed E-state index contributed by atoms with van der Waals surface area (Å²) in [6.45, 7) is 5.04. The fourth-order valence-electron chi connectivity index (χ4n) is 4.93. The number of carbonyl (C=O) groups is 2. The Balaban J connectivity index is 1.80. The van der Waals surface area contributed by atoms with Gasteiger partial charge in [0, 0.05) is 24.5 Å². The average Bonchev–Trinajstić information content (AvgIpc) is 3.35. The lowest BCUT2D eigenvalue weighted by atomic mass is 9.61. The number of hydrazone groups is 1. The molecule has 38 heavy (non-hydrogen) atoms. The van der Waals surface area contributed by atoms with Crippen LogP contribution in [0.5, 0.6) is 11.5 Å². The Morgan fingerprint density at radius 3 is 2.42 bits per heavy atom. The SMILES string of the molecule is CCOC(=O)[C@@H]1/C(=N/Nc2ccc([N+](=O)[O-])cc2)C[C@](C)(O)[C@@H](C(=O)OCC)[C@@H]1c1ccc2c(c1)OCO2. The molecule has 2 aromatic carbocycles. The van der Waals surface area contributed by atoms with Crippen molar-refractivity contribution >= 4 is 29.0 Å². The normalized spacial score (nSPS) is 25.1. The van der Waals surface area contributed by atoms with Crippen molar-refractivity contribution in [2.75, 3.05) is 25.4 Å². The maximum absolute atomic E-state index is 13.4. The van der Waals surface area contributed by atoms with E-state index < -0.39 is 40.2 Å². The fourth-order valence-corrected chi connectivity index (χ4v) is 4.93. The second-order valence-corrected chi connectivity index (χ2v) is 9.15. The number of nitrogens with zero attached hydrogens (tertiary/aromatic N) is 2. The number of aliphatic hydroxyl groups is 1. The van der Waals surface area contributed by atoms with E-state index in [1.54, 1.807) is 32.0 Å². The quantitative estimate of drug-likeness (QED) is 0.296. The second kappa shape index (κ2) is 11.1. The molecule has 0 unspecified atom stereocenters. The molecule has 4 atom stereocenters. The van der Waals surface area contributed by atoms with Crippen molar-refractivity contribution in [3.63, 3.8) is 0 Å². The van der Waals surface area contributed by atoms with Gasteiger partial charge in [0.25, 0.3) is 5.69 Å². The van der Waals surface area contributed by atoms with Crippen LogP contribution in [0.2, 0.25) is 0 Å². The van der Waals surface area contributed by atoms with E-state index in [0.717, 1.165) is 0 Å². The van der Waals surface area contributed by atoms with Gasteiger partial charge in [0.1, 0.15) is 5.92 Å². The molecule has 1 heterocycles. The lowest BCUT2D eigenvalue weighted by molar-refractivity contribution is -0.384. The topological polar surface area (TPSA) is 159 Å². The third-order valence-corrected chi connectivity index (χ3v) is 6.56. The predicted molar refractivity (Wildman–Crippen MR) is 135 cm³/mol. The molecule has 0 aromatic heterocycles. The minimum absolute atomic E-state index is 0.0373. The third-order valence-electron chi connectivity index (χ3n) is 6.56. The van der Waals surface area contributed by atoms with Gasteiger partial charge in [-0.2, -0.15) is 5.10 Å². The Hall–Kier alpha value is -4.19. The standard InChI is InChI=1S/C26H29N3O9/c1-4-35-24(30)22-18(28-27-16-7-9-17(10-8-16)29(33)34)13-26(3,32)23(25(31)36-5-2)21(22)15-6-11-19-20(12-15)38-14-37-19/h6-12,21-23,27,32H,4-5,13-14H2,1-3H3/b28-18+/t21-,22-,23-,26+/m1/s1. The molecule has 4 rings (SSSR count). The van der Waals surface area contributed by atoms with Crippen LogP contribution in [0.15, 0.2) is 47.6 Å². The van der Waals surface area contributed by atoms with Crippen LogP contribution in [0.25, 0.3) is 0 Å². The summed E-state index contributed by atoms with van der Waals surface area (Å²) in [6.07, 6.45) is -0.138. The zero-order chi connectivity index (χ0) is 27.4. The predicted octanol–water partition coefficient (Wildman–Crippen LogP) is 3.39. The number of non-ortho nitro benzene ring substituents is 1. The molecule has 0 saturated heterocycles. The summed E-state index contributed by atoms with van der Waals surface area (Å²) in [6, 6.07) is 10.6. The van der Waals surface area contributed by atoms with E-state index in [4.69, 9.17) is 18.9 Å². The number of hydrogen-bond acceptors (Lipinski definition) is 11. The molecule has 1 fully saturated rings. The molecule has 1 aliphatic carbocycles. The van der Waals surface area contributed by atoms with Gasteiger partial charge in [-0.15, -0.1) is 0 Å². The lowest BCUT2D eigenvalue weighted by Crippen LogP contribution is -2.55. The van der Waals surface area contributed by atoms with Crippen LogP contribution in [-0.2, 0) is 19.1 Å². The fraction of sp³-hybridized carbons (Fsp3) is 0.423. The van der Waals surface area contributed by atoms with Crippen LogP contribution >= 0.6 is 0 Å². The smallest absolute Gasteiger partial charge is 0.315 e. The van der Waals surface area contributed by atoms with Gasteiger partial charge in [-0.05, 0) is 50.6 Å². The number of nitro groups is 1. The average molecular weight is 528 g/mol. The number of benzene rings is 2. The number of carbonyl (C=O) groups excluding carboxylic acids is 2. The van der Waals surface area contributed by atoms with E-state index in [2.05, 4.69) is 10.5 Å². The first-order valence-electron chi connectivity index (χ1n) is 12.2. The summed E-state index contributed by atoms with van der Waals surface area (Å²) >= 11 is 0. The molecule has 0 amide bonds. The molecule has 0 bridgehead atoms.